The fourth-order valence-electron chi connectivity index (χ4n) is 3.15. The highest BCUT2D eigenvalue weighted by atomic mass is 35.5. The van der Waals surface area contributed by atoms with E-state index in [9.17, 15) is 0 Å². The zero-order valence-corrected chi connectivity index (χ0v) is 12.0. The SMILES string of the molecule is CO[C@H]1CCOC2(C1)CN(Cc1ccccc1Cl)C2. The van der Waals surface area contributed by atoms with Gasteiger partial charge < -0.3 is 9.47 Å². The second-order valence-electron chi connectivity index (χ2n) is 5.62. The number of halogens is 1. The Morgan fingerprint density at radius 2 is 2.21 bits per heavy atom. The van der Waals surface area contributed by atoms with Crippen LogP contribution in [0.3, 0.4) is 0 Å². The molecule has 2 aliphatic heterocycles. The Hall–Kier alpha value is -0.610. The van der Waals surface area contributed by atoms with Gasteiger partial charge in [-0.1, -0.05) is 29.8 Å². The van der Waals surface area contributed by atoms with Crippen LogP contribution < -0.4 is 0 Å². The monoisotopic (exact) mass is 281 g/mol. The number of rotatable bonds is 3. The maximum atomic E-state index is 6.19. The van der Waals surface area contributed by atoms with E-state index in [1.807, 2.05) is 18.2 Å². The molecular weight excluding hydrogens is 262 g/mol. The standard InChI is InChI=1S/C15H20ClNO2/c1-18-13-6-7-19-15(8-13)10-17(11-15)9-12-4-2-3-5-14(12)16/h2-5,13H,6-11H2,1H3/t13-/m0/s1. The maximum absolute atomic E-state index is 6.19. The molecular formula is C15H20ClNO2. The number of nitrogens with zero attached hydrogens (tertiary/aromatic N) is 1. The average Bonchev–Trinajstić information content (AvgIpc) is 2.40. The van der Waals surface area contributed by atoms with Crippen molar-refractivity contribution in [2.75, 3.05) is 26.8 Å². The van der Waals surface area contributed by atoms with Crippen LogP contribution in [0.2, 0.25) is 5.02 Å². The minimum absolute atomic E-state index is 0.0280. The second kappa shape index (κ2) is 5.41. The molecule has 19 heavy (non-hydrogen) atoms. The van der Waals surface area contributed by atoms with E-state index in [1.165, 1.54) is 5.56 Å². The topological polar surface area (TPSA) is 21.7 Å². The fraction of sp³-hybridized carbons (Fsp3) is 0.600. The molecule has 2 saturated heterocycles. The first kappa shape index (κ1) is 13.4. The highest BCUT2D eigenvalue weighted by Crippen LogP contribution is 2.36. The van der Waals surface area contributed by atoms with Gasteiger partial charge in [0.15, 0.2) is 0 Å². The summed E-state index contributed by atoms with van der Waals surface area (Å²) in [7, 11) is 1.80. The predicted octanol–water partition coefficient (Wildman–Crippen LogP) is 2.72. The number of methoxy groups -OCH3 is 1. The average molecular weight is 282 g/mol. The second-order valence-corrected chi connectivity index (χ2v) is 6.03. The molecule has 0 radical (unpaired) electrons. The lowest BCUT2D eigenvalue weighted by Gasteiger charge is -2.53. The van der Waals surface area contributed by atoms with Gasteiger partial charge in [0.1, 0.15) is 0 Å². The van der Waals surface area contributed by atoms with Crippen LogP contribution in [0.15, 0.2) is 24.3 Å². The van der Waals surface area contributed by atoms with Crippen LogP contribution in [0.1, 0.15) is 18.4 Å². The summed E-state index contributed by atoms with van der Waals surface area (Å²) in [5, 5.41) is 0.850. The molecule has 1 aromatic carbocycles. The van der Waals surface area contributed by atoms with Crippen molar-refractivity contribution >= 4 is 11.6 Å². The van der Waals surface area contributed by atoms with E-state index in [4.69, 9.17) is 21.1 Å². The van der Waals surface area contributed by atoms with Gasteiger partial charge in [0.25, 0.3) is 0 Å². The Labute approximate surface area is 119 Å². The lowest BCUT2D eigenvalue weighted by atomic mass is 9.84. The van der Waals surface area contributed by atoms with Crippen LogP contribution >= 0.6 is 11.6 Å². The van der Waals surface area contributed by atoms with Gasteiger partial charge in [-0.15, -0.1) is 0 Å². The van der Waals surface area contributed by atoms with E-state index in [-0.39, 0.29) is 5.60 Å². The molecule has 0 amide bonds. The van der Waals surface area contributed by atoms with Gasteiger partial charge in [0.2, 0.25) is 0 Å². The third kappa shape index (κ3) is 2.79. The van der Waals surface area contributed by atoms with Crippen LogP contribution in [0.5, 0.6) is 0 Å². The summed E-state index contributed by atoms with van der Waals surface area (Å²) in [5.41, 5.74) is 1.22. The predicted molar refractivity (Wildman–Crippen MR) is 75.4 cm³/mol. The van der Waals surface area contributed by atoms with Crippen molar-refractivity contribution in [2.45, 2.75) is 31.1 Å². The zero-order valence-electron chi connectivity index (χ0n) is 11.3. The molecule has 104 valence electrons. The summed E-state index contributed by atoms with van der Waals surface area (Å²) in [4.78, 5) is 2.39. The zero-order chi connectivity index (χ0) is 13.3. The summed E-state index contributed by atoms with van der Waals surface area (Å²) in [6.45, 7) is 3.69. The number of hydrogen-bond donors (Lipinski definition) is 0. The van der Waals surface area contributed by atoms with Crippen molar-refractivity contribution in [3.63, 3.8) is 0 Å². The van der Waals surface area contributed by atoms with Gasteiger partial charge in [0.05, 0.1) is 11.7 Å². The molecule has 0 bridgehead atoms. The lowest BCUT2D eigenvalue weighted by Crippen LogP contribution is -2.65. The normalized spacial score (nSPS) is 26.3. The summed E-state index contributed by atoms with van der Waals surface area (Å²) >= 11 is 6.19. The summed E-state index contributed by atoms with van der Waals surface area (Å²) in [6, 6.07) is 8.04. The van der Waals surface area contributed by atoms with Crippen LogP contribution in [-0.2, 0) is 16.0 Å². The number of likely N-dealkylation sites (tertiary alicyclic amines) is 1. The molecule has 4 heteroatoms. The van der Waals surface area contributed by atoms with Crippen LogP contribution in [-0.4, -0.2) is 43.4 Å². The third-order valence-corrected chi connectivity index (χ3v) is 4.53. The Kier molecular flexibility index (Phi) is 3.81. The van der Waals surface area contributed by atoms with Gasteiger partial charge in [-0.2, -0.15) is 0 Å². The molecule has 1 aromatic rings. The Balaban J connectivity index is 1.56. The summed E-state index contributed by atoms with van der Waals surface area (Å²) < 4.78 is 11.5. The van der Waals surface area contributed by atoms with Crippen LogP contribution in [0.25, 0.3) is 0 Å². The lowest BCUT2D eigenvalue weighted by molar-refractivity contribution is -0.195. The van der Waals surface area contributed by atoms with Crippen LogP contribution in [0, 0.1) is 0 Å². The molecule has 0 aliphatic carbocycles. The van der Waals surface area contributed by atoms with Gasteiger partial charge in [-0.05, 0) is 18.1 Å². The van der Waals surface area contributed by atoms with Crippen molar-refractivity contribution < 1.29 is 9.47 Å². The largest absolute Gasteiger partial charge is 0.381 e. The van der Waals surface area contributed by atoms with Gasteiger partial charge >= 0.3 is 0 Å². The molecule has 0 unspecified atom stereocenters. The molecule has 1 atom stereocenters. The first-order valence-electron chi connectivity index (χ1n) is 6.83. The molecule has 2 aliphatic rings. The quantitative estimate of drug-likeness (QED) is 0.850. The number of benzene rings is 1. The van der Waals surface area contributed by atoms with E-state index in [1.54, 1.807) is 7.11 Å². The van der Waals surface area contributed by atoms with Gasteiger partial charge in [-0.3, -0.25) is 4.90 Å². The Bertz CT molecular complexity index is 446. The van der Waals surface area contributed by atoms with Crippen molar-refractivity contribution in [2.24, 2.45) is 0 Å². The summed E-state index contributed by atoms with van der Waals surface area (Å²) in [6.07, 6.45) is 2.39. The van der Waals surface area contributed by atoms with Crippen LogP contribution in [0.4, 0.5) is 0 Å². The van der Waals surface area contributed by atoms with Gasteiger partial charge in [0, 0.05) is 44.8 Å². The third-order valence-electron chi connectivity index (χ3n) is 4.16. The molecule has 3 nitrogen and oxygen atoms in total. The summed E-state index contributed by atoms with van der Waals surface area (Å²) in [5.74, 6) is 0. The minimum Gasteiger partial charge on any atom is -0.381 e. The van der Waals surface area contributed by atoms with E-state index >= 15 is 0 Å². The molecule has 2 fully saturated rings. The molecule has 1 spiro atoms. The van der Waals surface area contributed by atoms with Crippen molar-refractivity contribution in [1.82, 2.24) is 4.90 Å². The van der Waals surface area contributed by atoms with E-state index in [2.05, 4.69) is 11.0 Å². The molecule has 0 aromatic heterocycles. The highest BCUT2D eigenvalue weighted by Gasteiger charge is 2.47. The highest BCUT2D eigenvalue weighted by molar-refractivity contribution is 6.31. The maximum Gasteiger partial charge on any atom is 0.0959 e. The molecule has 2 heterocycles. The first-order chi connectivity index (χ1) is 9.21. The van der Waals surface area contributed by atoms with Crippen molar-refractivity contribution in [3.8, 4) is 0 Å². The van der Waals surface area contributed by atoms with E-state index < -0.39 is 0 Å². The molecule has 0 saturated carbocycles. The smallest absolute Gasteiger partial charge is 0.0959 e. The first-order valence-corrected chi connectivity index (χ1v) is 7.21. The van der Waals surface area contributed by atoms with E-state index in [0.29, 0.717) is 6.10 Å². The number of hydrogen-bond acceptors (Lipinski definition) is 3. The van der Waals surface area contributed by atoms with Crippen molar-refractivity contribution in [1.29, 1.82) is 0 Å². The number of ether oxygens (including phenoxy) is 2. The minimum atomic E-state index is 0.0280. The van der Waals surface area contributed by atoms with Crippen molar-refractivity contribution in [3.05, 3.63) is 34.9 Å². The Morgan fingerprint density at radius 3 is 2.95 bits per heavy atom. The fourth-order valence-corrected chi connectivity index (χ4v) is 3.35. The Morgan fingerprint density at radius 1 is 1.42 bits per heavy atom. The molecule has 0 N–H and O–H groups in total. The molecule has 3 rings (SSSR count). The van der Waals surface area contributed by atoms with Gasteiger partial charge in [-0.25, -0.2) is 0 Å². The van der Waals surface area contributed by atoms with E-state index in [0.717, 1.165) is 44.1 Å².